The van der Waals surface area contributed by atoms with E-state index in [2.05, 4.69) is 14.7 Å². The number of ether oxygens (including phenoxy) is 1. The molecule has 0 aromatic carbocycles. The maximum atomic E-state index is 11.1. The lowest BCUT2D eigenvalue weighted by atomic mass is 10.3. The molecule has 6 nitrogen and oxygen atoms in total. The molecular weight excluding hydrogens is 240 g/mol. The van der Waals surface area contributed by atoms with Crippen molar-refractivity contribution in [3.05, 3.63) is 17.7 Å². The van der Waals surface area contributed by atoms with Crippen LogP contribution in [0, 0.1) is 0 Å². The van der Waals surface area contributed by atoms with Gasteiger partial charge in [-0.2, -0.15) is 0 Å². The fourth-order valence-corrected chi connectivity index (χ4v) is 1.83. The monoisotopic (exact) mass is 254 g/mol. The van der Waals surface area contributed by atoms with Gasteiger partial charge in [0.15, 0.2) is 5.16 Å². The van der Waals surface area contributed by atoms with Crippen LogP contribution in [-0.4, -0.2) is 28.8 Å². The zero-order valence-corrected chi connectivity index (χ0v) is 10.5. The lowest BCUT2D eigenvalue weighted by Crippen LogP contribution is -2.02. The van der Waals surface area contributed by atoms with E-state index >= 15 is 0 Å². The third-order valence-electron chi connectivity index (χ3n) is 1.85. The standard InChI is InChI=1S/C10H14N4O2S/c1-6(9(15)16-2)3-4-17-10-13-7(11)5-8(12)14-10/h3,5H,4H2,1-2H3,(H4,11,12,13,14). The highest BCUT2D eigenvalue weighted by molar-refractivity contribution is 7.99. The Morgan fingerprint density at radius 3 is 2.59 bits per heavy atom. The number of thioether (sulfide) groups is 1. The van der Waals surface area contributed by atoms with E-state index in [1.807, 2.05) is 0 Å². The molecule has 0 unspecified atom stereocenters. The summed E-state index contributed by atoms with van der Waals surface area (Å²) in [5, 5.41) is 0.483. The van der Waals surface area contributed by atoms with Crippen LogP contribution in [-0.2, 0) is 9.53 Å². The molecular formula is C10H14N4O2S. The van der Waals surface area contributed by atoms with Crippen molar-refractivity contribution in [2.45, 2.75) is 12.1 Å². The Morgan fingerprint density at radius 2 is 2.06 bits per heavy atom. The van der Waals surface area contributed by atoms with E-state index in [0.717, 1.165) is 0 Å². The van der Waals surface area contributed by atoms with Crippen LogP contribution in [0.1, 0.15) is 6.92 Å². The Morgan fingerprint density at radius 1 is 1.47 bits per heavy atom. The highest BCUT2D eigenvalue weighted by Crippen LogP contribution is 2.16. The van der Waals surface area contributed by atoms with Crippen LogP contribution in [0.4, 0.5) is 11.6 Å². The third kappa shape index (κ3) is 4.31. The Bertz CT molecular complexity index is 428. The fourth-order valence-electron chi connectivity index (χ4n) is 1.01. The van der Waals surface area contributed by atoms with E-state index in [-0.39, 0.29) is 5.97 Å². The molecule has 0 saturated carbocycles. The Labute approximate surface area is 103 Å². The van der Waals surface area contributed by atoms with Crippen LogP contribution >= 0.6 is 11.8 Å². The first-order chi connectivity index (χ1) is 8.02. The molecule has 0 amide bonds. The number of methoxy groups -OCH3 is 1. The number of nitrogen functional groups attached to an aromatic ring is 2. The zero-order valence-electron chi connectivity index (χ0n) is 9.64. The first kappa shape index (κ1) is 13.3. The second-order valence-electron chi connectivity index (χ2n) is 3.19. The van der Waals surface area contributed by atoms with Gasteiger partial charge in [0.25, 0.3) is 0 Å². The molecule has 92 valence electrons. The third-order valence-corrected chi connectivity index (χ3v) is 2.63. The summed E-state index contributed by atoms with van der Waals surface area (Å²) in [5.74, 6) is 0.852. The molecule has 1 heterocycles. The molecule has 0 bridgehead atoms. The van der Waals surface area contributed by atoms with Crippen molar-refractivity contribution in [2.24, 2.45) is 0 Å². The lowest BCUT2D eigenvalue weighted by molar-refractivity contribution is -0.136. The van der Waals surface area contributed by atoms with Gasteiger partial charge in [0.2, 0.25) is 0 Å². The number of aromatic nitrogens is 2. The average Bonchev–Trinajstić information content (AvgIpc) is 2.26. The van der Waals surface area contributed by atoms with Crippen LogP contribution in [0.5, 0.6) is 0 Å². The highest BCUT2D eigenvalue weighted by atomic mass is 32.2. The predicted octanol–water partition coefficient (Wildman–Crippen LogP) is 0.852. The highest BCUT2D eigenvalue weighted by Gasteiger charge is 2.03. The van der Waals surface area contributed by atoms with Crippen LogP contribution in [0.3, 0.4) is 0 Å². The number of carbonyl (C=O) groups excluding carboxylic acids is 1. The van der Waals surface area contributed by atoms with E-state index in [4.69, 9.17) is 11.5 Å². The molecule has 0 saturated heterocycles. The number of hydrogen-bond acceptors (Lipinski definition) is 7. The van der Waals surface area contributed by atoms with Crippen LogP contribution in [0.2, 0.25) is 0 Å². The first-order valence-corrected chi connectivity index (χ1v) is 5.79. The normalized spacial score (nSPS) is 11.3. The molecule has 0 spiro atoms. The topological polar surface area (TPSA) is 104 Å². The summed E-state index contributed by atoms with van der Waals surface area (Å²) in [4.78, 5) is 19.1. The zero-order chi connectivity index (χ0) is 12.8. The second kappa shape index (κ2) is 6.09. The van der Waals surface area contributed by atoms with E-state index < -0.39 is 0 Å². The maximum Gasteiger partial charge on any atom is 0.333 e. The van der Waals surface area contributed by atoms with Gasteiger partial charge < -0.3 is 16.2 Å². The van der Waals surface area contributed by atoms with Gasteiger partial charge in [0, 0.05) is 17.4 Å². The molecule has 7 heteroatoms. The van der Waals surface area contributed by atoms with E-state index in [9.17, 15) is 4.79 Å². The van der Waals surface area contributed by atoms with Gasteiger partial charge in [-0.05, 0) is 6.92 Å². The smallest absolute Gasteiger partial charge is 0.333 e. The minimum atomic E-state index is -0.349. The van der Waals surface area contributed by atoms with Crippen molar-refractivity contribution in [3.63, 3.8) is 0 Å². The minimum absolute atomic E-state index is 0.327. The van der Waals surface area contributed by atoms with E-state index in [1.165, 1.54) is 24.9 Å². The molecule has 1 aromatic rings. The summed E-state index contributed by atoms with van der Waals surface area (Å²) in [7, 11) is 1.34. The number of hydrogen-bond donors (Lipinski definition) is 2. The van der Waals surface area contributed by atoms with Crippen LogP contribution < -0.4 is 11.5 Å². The largest absolute Gasteiger partial charge is 0.466 e. The van der Waals surface area contributed by atoms with Crippen molar-refractivity contribution in [1.82, 2.24) is 9.97 Å². The molecule has 1 rings (SSSR count). The molecule has 1 aromatic heterocycles. The number of rotatable bonds is 4. The molecule has 0 aliphatic rings. The SMILES string of the molecule is COC(=O)C(C)=CCSc1nc(N)cc(N)n1. The molecule has 4 N–H and O–H groups in total. The summed E-state index contributed by atoms with van der Waals surface area (Å²) in [6.45, 7) is 1.68. The number of esters is 1. The summed E-state index contributed by atoms with van der Waals surface area (Å²) in [5.41, 5.74) is 11.6. The van der Waals surface area contributed by atoms with Crippen LogP contribution in [0.15, 0.2) is 22.9 Å². The molecule has 0 radical (unpaired) electrons. The van der Waals surface area contributed by atoms with Gasteiger partial charge in [-0.15, -0.1) is 0 Å². The molecule has 0 atom stereocenters. The lowest BCUT2D eigenvalue weighted by Gasteiger charge is -2.01. The summed E-state index contributed by atoms with van der Waals surface area (Å²) >= 11 is 1.34. The molecule has 0 fully saturated rings. The van der Waals surface area contributed by atoms with Gasteiger partial charge in [-0.25, -0.2) is 14.8 Å². The number of nitrogens with two attached hydrogens (primary N) is 2. The van der Waals surface area contributed by atoms with Gasteiger partial charge in [0.1, 0.15) is 11.6 Å². The van der Waals surface area contributed by atoms with Crippen molar-refractivity contribution in [2.75, 3.05) is 24.3 Å². The summed E-state index contributed by atoms with van der Waals surface area (Å²) in [6.07, 6.45) is 1.74. The predicted molar refractivity (Wildman–Crippen MR) is 67.4 cm³/mol. The Hall–Kier alpha value is -1.76. The Kier molecular flexibility index (Phi) is 4.77. The summed E-state index contributed by atoms with van der Waals surface area (Å²) in [6, 6.07) is 1.49. The van der Waals surface area contributed by atoms with Gasteiger partial charge in [0.05, 0.1) is 7.11 Å². The van der Waals surface area contributed by atoms with Crippen molar-refractivity contribution in [1.29, 1.82) is 0 Å². The number of nitrogens with zero attached hydrogens (tertiary/aromatic N) is 2. The Balaban J connectivity index is 2.59. The average molecular weight is 254 g/mol. The second-order valence-corrected chi connectivity index (χ2v) is 4.18. The van der Waals surface area contributed by atoms with Crippen molar-refractivity contribution in [3.8, 4) is 0 Å². The van der Waals surface area contributed by atoms with Gasteiger partial charge in [-0.1, -0.05) is 17.8 Å². The number of anilines is 2. The quantitative estimate of drug-likeness (QED) is 0.355. The molecule has 0 aliphatic carbocycles. The maximum absolute atomic E-state index is 11.1. The van der Waals surface area contributed by atoms with Gasteiger partial charge in [-0.3, -0.25) is 0 Å². The van der Waals surface area contributed by atoms with Crippen LogP contribution in [0.25, 0.3) is 0 Å². The fraction of sp³-hybridized carbons (Fsp3) is 0.300. The van der Waals surface area contributed by atoms with Crippen molar-refractivity contribution < 1.29 is 9.53 Å². The first-order valence-electron chi connectivity index (χ1n) is 4.81. The minimum Gasteiger partial charge on any atom is -0.466 e. The van der Waals surface area contributed by atoms with Crippen molar-refractivity contribution >= 4 is 29.4 Å². The molecule has 0 aliphatic heterocycles. The summed E-state index contributed by atoms with van der Waals surface area (Å²) < 4.78 is 4.57. The number of carbonyl (C=O) groups is 1. The van der Waals surface area contributed by atoms with E-state index in [0.29, 0.717) is 28.1 Å². The van der Waals surface area contributed by atoms with E-state index in [1.54, 1.807) is 13.0 Å². The molecule has 17 heavy (non-hydrogen) atoms. The van der Waals surface area contributed by atoms with Gasteiger partial charge >= 0.3 is 5.97 Å².